The summed E-state index contributed by atoms with van der Waals surface area (Å²) < 4.78 is 13.9. The average Bonchev–Trinajstić information content (AvgIpc) is 3.22. The van der Waals surface area contributed by atoms with Crippen molar-refractivity contribution in [3.63, 3.8) is 0 Å². The number of benzene rings is 3. The third kappa shape index (κ3) is 3.69. The molecule has 1 aliphatic heterocycles. The van der Waals surface area contributed by atoms with Crippen LogP contribution in [0.1, 0.15) is 34.7 Å². The number of allylic oxidation sites excluding steroid dienone is 1. The molecule has 36 heavy (non-hydrogen) atoms. The van der Waals surface area contributed by atoms with Crippen molar-refractivity contribution in [3.05, 3.63) is 119 Å². The average molecular weight is 515 g/mol. The number of nitrogens with zero attached hydrogens (tertiary/aromatic N) is 2. The van der Waals surface area contributed by atoms with Gasteiger partial charge in [0.2, 0.25) is 0 Å². The first kappa shape index (κ1) is 22.8. The number of rotatable bonds is 4. The van der Waals surface area contributed by atoms with E-state index < -0.39 is 0 Å². The van der Waals surface area contributed by atoms with Gasteiger partial charge in [0.15, 0.2) is 16.3 Å². The number of hydrogen-bond donors (Lipinski definition) is 0. The Morgan fingerprint density at radius 1 is 1.00 bits per heavy atom. The van der Waals surface area contributed by atoms with Crippen LogP contribution >= 0.6 is 22.9 Å². The molecular weight excluding hydrogens is 492 g/mol. The van der Waals surface area contributed by atoms with Crippen LogP contribution in [0.25, 0.3) is 11.8 Å². The molecule has 6 rings (SSSR count). The van der Waals surface area contributed by atoms with Gasteiger partial charge in [-0.2, -0.15) is 0 Å². The smallest absolute Gasteiger partial charge is 0.271 e. The second kappa shape index (κ2) is 9.12. The normalized spacial score (nSPS) is 16.6. The van der Waals surface area contributed by atoms with E-state index in [0.717, 1.165) is 40.8 Å². The molecule has 4 aromatic rings. The third-order valence-corrected chi connectivity index (χ3v) is 8.00. The largest absolute Gasteiger partial charge is 0.493 e. The van der Waals surface area contributed by atoms with Gasteiger partial charge in [-0.05, 0) is 53.8 Å². The first-order valence-electron chi connectivity index (χ1n) is 11.7. The van der Waals surface area contributed by atoms with Crippen LogP contribution in [-0.4, -0.2) is 18.8 Å². The maximum atomic E-state index is 13.9. The molecule has 0 radical (unpaired) electrons. The predicted molar refractivity (Wildman–Crippen MR) is 144 cm³/mol. The lowest BCUT2D eigenvalue weighted by atomic mass is 9.83. The topological polar surface area (TPSA) is 52.8 Å². The Hall–Kier alpha value is -3.61. The zero-order valence-electron chi connectivity index (χ0n) is 19.8. The van der Waals surface area contributed by atoms with Crippen LogP contribution in [0.5, 0.6) is 11.5 Å². The highest BCUT2D eigenvalue weighted by atomic mass is 35.5. The van der Waals surface area contributed by atoms with Gasteiger partial charge < -0.3 is 9.47 Å². The number of methoxy groups -OCH3 is 2. The van der Waals surface area contributed by atoms with Gasteiger partial charge in [0, 0.05) is 16.1 Å². The summed E-state index contributed by atoms with van der Waals surface area (Å²) in [5.74, 6) is 1.26. The lowest BCUT2D eigenvalue weighted by molar-refractivity contribution is 0.348. The number of halogens is 1. The summed E-state index contributed by atoms with van der Waals surface area (Å²) in [6, 6.07) is 21.3. The van der Waals surface area contributed by atoms with Crippen LogP contribution in [0.15, 0.2) is 82.1 Å². The second-order valence-corrected chi connectivity index (χ2v) is 10.2. The number of aromatic nitrogens is 1. The molecule has 0 amide bonds. The Kier molecular flexibility index (Phi) is 5.78. The van der Waals surface area contributed by atoms with Gasteiger partial charge >= 0.3 is 0 Å². The van der Waals surface area contributed by atoms with E-state index in [9.17, 15) is 4.79 Å². The van der Waals surface area contributed by atoms with Gasteiger partial charge in [-0.25, -0.2) is 4.99 Å². The highest BCUT2D eigenvalue weighted by Gasteiger charge is 2.34. The van der Waals surface area contributed by atoms with E-state index >= 15 is 0 Å². The quantitative estimate of drug-likeness (QED) is 0.385. The molecule has 1 aromatic heterocycles. The van der Waals surface area contributed by atoms with Crippen LogP contribution < -0.4 is 24.4 Å². The van der Waals surface area contributed by atoms with Gasteiger partial charge in [0.1, 0.15) is 0 Å². The SMILES string of the molecule is COc1cccc(C2C3=C(N=c4sc(=Cc5ccc(Cl)cc5)c(=O)n42)c2ccccc2CC3)c1OC. The Bertz CT molecular complexity index is 1700. The Morgan fingerprint density at radius 2 is 1.81 bits per heavy atom. The predicted octanol–water partition coefficient (Wildman–Crippen LogP) is 4.99. The van der Waals surface area contributed by atoms with Crippen LogP contribution in [-0.2, 0) is 6.42 Å². The minimum Gasteiger partial charge on any atom is -0.493 e. The van der Waals surface area contributed by atoms with Crippen molar-refractivity contribution in [1.29, 1.82) is 0 Å². The molecule has 7 heteroatoms. The van der Waals surface area contributed by atoms with Gasteiger partial charge in [0.25, 0.3) is 5.56 Å². The molecule has 1 aliphatic carbocycles. The van der Waals surface area contributed by atoms with E-state index in [2.05, 4.69) is 18.2 Å². The minimum absolute atomic E-state index is 0.0750. The molecule has 2 heterocycles. The zero-order valence-corrected chi connectivity index (χ0v) is 21.4. The molecule has 0 bridgehead atoms. The number of hydrogen-bond acceptors (Lipinski definition) is 5. The van der Waals surface area contributed by atoms with Crippen LogP contribution in [0, 0.1) is 0 Å². The van der Waals surface area contributed by atoms with E-state index in [4.69, 9.17) is 26.1 Å². The van der Waals surface area contributed by atoms with Crippen molar-refractivity contribution < 1.29 is 9.47 Å². The van der Waals surface area contributed by atoms with Gasteiger partial charge in [-0.3, -0.25) is 9.36 Å². The van der Waals surface area contributed by atoms with E-state index in [1.165, 1.54) is 16.9 Å². The first-order chi connectivity index (χ1) is 17.6. The monoisotopic (exact) mass is 514 g/mol. The summed E-state index contributed by atoms with van der Waals surface area (Å²) in [6.45, 7) is 0. The van der Waals surface area contributed by atoms with Crippen molar-refractivity contribution >= 4 is 34.7 Å². The lowest BCUT2D eigenvalue weighted by Gasteiger charge is -2.31. The van der Waals surface area contributed by atoms with Gasteiger partial charge in [-0.1, -0.05) is 71.5 Å². The molecule has 1 atom stereocenters. The molecule has 1 unspecified atom stereocenters. The number of aryl methyl sites for hydroxylation is 1. The molecule has 0 saturated carbocycles. The van der Waals surface area contributed by atoms with Crippen molar-refractivity contribution in [2.45, 2.75) is 18.9 Å². The summed E-state index contributed by atoms with van der Waals surface area (Å²) >= 11 is 7.46. The third-order valence-electron chi connectivity index (χ3n) is 6.77. The molecular formula is C29H23ClN2O3S. The van der Waals surface area contributed by atoms with Crippen molar-refractivity contribution in [2.24, 2.45) is 4.99 Å². The summed E-state index contributed by atoms with van der Waals surface area (Å²) in [5.41, 5.74) is 6.19. The van der Waals surface area contributed by atoms with Gasteiger partial charge in [-0.15, -0.1) is 0 Å². The maximum Gasteiger partial charge on any atom is 0.271 e. The van der Waals surface area contributed by atoms with Crippen LogP contribution in [0.3, 0.4) is 0 Å². The van der Waals surface area contributed by atoms with E-state index in [-0.39, 0.29) is 11.6 Å². The summed E-state index contributed by atoms with van der Waals surface area (Å²) in [4.78, 5) is 19.6. The fourth-order valence-electron chi connectivity index (χ4n) is 5.14. The summed E-state index contributed by atoms with van der Waals surface area (Å²) in [6.07, 6.45) is 3.60. The lowest BCUT2D eigenvalue weighted by Crippen LogP contribution is -2.39. The molecule has 2 aliphatic rings. The Labute approximate surface area is 217 Å². The highest BCUT2D eigenvalue weighted by Crippen LogP contribution is 2.45. The molecule has 5 nitrogen and oxygen atoms in total. The Balaban J connectivity index is 1.65. The molecule has 0 saturated heterocycles. The van der Waals surface area contributed by atoms with Crippen molar-refractivity contribution in [3.8, 4) is 11.5 Å². The molecule has 0 spiro atoms. The van der Waals surface area contributed by atoms with Crippen molar-refractivity contribution in [1.82, 2.24) is 4.57 Å². The van der Waals surface area contributed by atoms with E-state index in [0.29, 0.717) is 25.9 Å². The molecule has 3 aromatic carbocycles. The number of ether oxygens (including phenoxy) is 2. The molecule has 180 valence electrons. The number of fused-ring (bicyclic) bond motifs is 3. The summed E-state index contributed by atoms with van der Waals surface area (Å²) in [7, 11) is 3.26. The molecule has 0 N–H and O–H groups in total. The fraction of sp³-hybridized carbons (Fsp3) is 0.172. The number of para-hydroxylation sites is 1. The molecule has 0 fully saturated rings. The second-order valence-electron chi connectivity index (χ2n) is 8.75. The van der Waals surface area contributed by atoms with Crippen LogP contribution in [0.2, 0.25) is 5.02 Å². The Morgan fingerprint density at radius 3 is 2.58 bits per heavy atom. The van der Waals surface area contributed by atoms with Crippen molar-refractivity contribution in [2.75, 3.05) is 14.2 Å². The minimum atomic E-state index is -0.345. The van der Waals surface area contributed by atoms with E-state index in [1.54, 1.807) is 14.2 Å². The highest BCUT2D eigenvalue weighted by molar-refractivity contribution is 7.07. The zero-order chi connectivity index (χ0) is 24.8. The fourth-order valence-corrected chi connectivity index (χ4v) is 6.26. The first-order valence-corrected chi connectivity index (χ1v) is 12.9. The number of thiazole rings is 1. The van der Waals surface area contributed by atoms with E-state index in [1.807, 2.05) is 59.2 Å². The standard InChI is InChI=1S/C29H23ClN2O3S/c1-34-23-9-5-8-22(27(23)35-2)26-21-15-12-18-6-3-4-7-20(18)25(21)31-29-32(26)28(33)24(36-29)16-17-10-13-19(30)14-11-17/h3-11,13-14,16,26H,12,15H2,1-2H3. The van der Waals surface area contributed by atoms with Crippen LogP contribution in [0.4, 0.5) is 0 Å². The van der Waals surface area contributed by atoms with Gasteiger partial charge in [0.05, 0.1) is 30.5 Å². The summed E-state index contributed by atoms with van der Waals surface area (Å²) in [5, 5.41) is 0.657. The maximum absolute atomic E-state index is 13.9.